The molecule has 0 aliphatic rings. The van der Waals surface area contributed by atoms with E-state index in [1.54, 1.807) is 0 Å². The molecule has 0 saturated carbocycles. The van der Waals surface area contributed by atoms with Gasteiger partial charge in [0.2, 0.25) is 0 Å². The van der Waals surface area contributed by atoms with Gasteiger partial charge in [-0.3, -0.25) is 0 Å². The van der Waals surface area contributed by atoms with E-state index in [1.807, 2.05) is 0 Å². The Balaban J connectivity index is 5.14. The fourth-order valence-corrected chi connectivity index (χ4v) is 17.0. The predicted molar refractivity (Wildman–Crippen MR) is 92.0 cm³/mol. The first-order chi connectivity index (χ1) is 7.89. The molecule has 6 heteroatoms. The van der Waals surface area contributed by atoms with Gasteiger partial charge in [-0.15, -0.1) is 0 Å². The number of hydrogen-bond donors (Lipinski definition) is 3. The molecule has 110 valence electrons. The molecule has 0 radical (unpaired) electrons. The first-order valence-corrected chi connectivity index (χ1v) is 16.4. The maximum Gasteiger partial charge on any atom is 0.268 e. The summed E-state index contributed by atoms with van der Waals surface area (Å²) < 4.78 is 8.10. The molecule has 0 aliphatic heterocycles. The molecule has 0 saturated heterocycles. The van der Waals surface area contributed by atoms with E-state index in [4.69, 9.17) is 0 Å². The van der Waals surface area contributed by atoms with Crippen LogP contribution in [0.1, 0.15) is 20.8 Å². The van der Waals surface area contributed by atoms with Crippen LogP contribution in [-0.2, 0) is 0 Å². The summed E-state index contributed by atoms with van der Waals surface area (Å²) in [4.78, 5) is 3.83. The third kappa shape index (κ3) is 8.60. The highest BCUT2D eigenvalue weighted by Gasteiger charge is 2.40. The summed E-state index contributed by atoms with van der Waals surface area (Å²) in [6, 6.07) is 1.26. The molecule has 0 fully saturated rings. The summed E-state index contributed by atoms with van der Waals surface area (Å²) in [6.07, 6.45) is 0. The van der Waals surface area contributed by atoms with Gasteiger partial charge in [-0.05, 0) is 18.5 Å². The van der Waals surface area contributed by atoms with Crippen LogP contribution in [0.25, 0.3) is 0 Å². The van der Waals surface area contributed by atoms with Crippen molar-refractivity contribution in [2.24, 2.45) is 5.92 Å². The zero-order valence-electron chi connectivity index (χ0n) is 14.0. The van der Waals surface area contributed by atoms with Gasteiger partial charge in [0.1, 0.15) is 16.5 Å². The van der Waals surface area contributed by atoms with Crippen LogP contribution in [0.2, 0.25) is 45.3 Å². The van der Waals surface area contributed by atoms with E-state index in [1.165, 1.54) is 6.04 Å². The van der Waals surface area contributed by atoms with Gasteiger partial charge in [-0.25, -0.2) is 0 Å². The second-order valence-electron chi connectivity index (χ2n) is 7.78. The van der Waals surface area contributed by atoms with Crippen LogP contribution in [0, 0.1) is 5.92 Å². The lowest BCUT2D eigenvalue weighted by Crippen LogP contribution is -2.80. The van der Waals surface area contributed by atoms with Crippen molar-refractivity contribution in [2.45, 2.75) is 66.1 Å². The van der Waals surface area contributed by atoms with Crippen LogP contribution in [-0.4, -0.2) is 31.6 Å². The second kappa shape index (κ2) is 6.81. The Morgan fingerprint density at radius 1 is 0.833 bits per heavy atom. The minimum Gasteiger partial charge on any atom is -0.335 e. The predicted octanol–water partition coefficient (Wildman–Crippen LogP) is 3.04. The lowest BCUT2D eigenvalue weighted by atomic mass is 10.3. The molecule has 0 heterocycles. The topological polar surface area (TPSA) is 36.1 Å². The van der Waals surface area contributed by atoms with E-state index in [2.05, 4.69) is 74.3 Å². The van der Waals surface area contributed by atoms with Gasteiger partial charge in [0, 0.05) is 0 Å². The van der Waals surface area contributed by atoms with Crippen molar-refractivity contribution in [1.82, 2.24) is 14.3 Å². The zero-order valence-corrected chi connectivity index (χ0v) is 17.0. The Morgan fingerprint density at radius 3 is 1.44 bits per heavy atom. The van der Waals surface area contributed by atoms with E-state index >= 15 is 0 Å². The van der Waals surface area contributed by atoms with Crippen LogP contribution in [0.4, 0.5) is 0 Å². The first-order valence-electron chi connectivity index (χ1n) is 7.23. The van der Waals surface area contributed by atoms with Gasteiger partial charge in [-0.2, -0.15) is 0 Å². The lowest BCUT2D eigenvalue weighted by Gasteiger charge is -2.43. The molecule has 0 aliphatic carbocycles. The summed E-state index contributed by atoms with van der Waals surface area (Å²) in [6.45, 7) is 22.3. The molecule has 18 heavy (non-hydrogen) atoms. The molecule has 0 unspecified atom stereocenters. The highest BCUT2D eigenvalue weighted by molar-refractivity contribution is 6.96. The van der Waals surface area contributed by atoms with Crippen molar-refractivity contribution < 1.29 is 0 Å². The minimum atomic E-state index is -1.76. The standard InChI is InChI=1S/C12H35N3Si3/c1-10-13-18(11-12(2)3,14-16(4,5)6)15-17(7,8)9/h12-15H,10-11H2,1-9H3. The smallest absolute Gasteiger partial charge is 0.268 e. The summed E-state index contributed by atoms with van der Waals surface area (Å²) >= 11 is 0. The molecule has 0 aromatic carbocycles. The lowest BCUT2D eigenvalue weighted by molar-refractivity contribution is 0.689. The third-order valence-corrected chi connectivity index (χ3v) is 14.2. The average molecular weight is 306 g/mol. The second-order valence-corrected chi connectivity index (χ2v) is 21.4. The fourth-order valence-electron chi connectivity index (χ4n) is 2.49. The summed E-state index contributed by atoms with van der Waals surface area (Å²) in [5.41, 5.74) is 0. The molecular formula is C12H35N3Si3. The Kier molecular flexibility index (Phi) is 7.01. The van der Waals surface area contributed by atoms with E-state index < -0.39 is 25.0 Å². The first kappa shape index (κ1) is 18.5. The van der Waals surface area contributed by atoms with Crippen molar-refractivity contribution in [1.29, 1.82) is 0 Å². The van der Waals surface area contributed by atoms with Crippen LogP contribution in [0.15, 0.2) is 0 Å². The molecule has 0 atom stereocenters. The maximum absolute atomic E-state index is 4.05. The summed E-state index contributed by atoms with van der Waals surface area (Å²) in [7, 11) is -4.33. The van der Waals surface area contributed by atoms with E-state index in [9.17, 15) is 0 Å². The Hall–Kier alpha value is 0.531. The minimum absolute atomic E-state index is 0.725. The quantitative estimate of drug-likeness (QED) is 0.603. The van der Waals surface area contributed by atoms with Crippen molar-refractivity contribution >= 4 is 25.0 Å². The molecule has 0 spiro atoms. The largest absolute Gasteiger partial charge is 0.335 e. The molecule has 0 amide bonds. The SMILES string of the molecule is CCN[Si](CC(C)C)(N[Si](C)(C)C)N[Si](C)(C)C. The number of nitrogens with one attached hydrogen (secondary N) is 3. The van der Waals surface area contributed by atoms with Crippen LogP contribution in [0.3, 0.4) is 0 Å². The number of rotatable bonds is 8. The molecule has 3 nitrogen and oxygen atoms in total. The van der Waals surface area contributed by atoms with E-state index in [-0.39, 0.29) is 0 Å². The van der Waals surface area contributed by atoms with Crippen LogP contribution in [0.5, 0.6) is 0 Å². The highest BCUT2D eigenvalue weighted by Crippen LogP contribution is 2.15. The third-order valence-electron chi connectivity index (χ3n) is 2.37. The molecular weight excluding hydrogens is 270 g/mol. The summed E-state index contributed by atoms with van der Waals surface area (Å²) in [5, 5.41) is 0. The van der Waals surface area contributed by atoms with Gasteiger partial charge in [0.05, 0.1) is 0 Å². The number of hydrogen-bond acceptors (Lipinski definition) is 3. The van der Waals surface area contributed by atoms with Crippen LogP contribution >= 0.6 is 0 Å². The fraction of sp³-hybridized carbons (Fsp3) is 1.00. The van der Waals surface area contributed by atoms with Crippen molar-refractivity contribution in [3.8, 4) is 0 Å². The maximum atomic E-state index is 4.05. The van der Waals surface area contributed by atoms with Gasteiger partial charge in [-0.1, -0.05) is 60.1 Å². The molecule has 3 N–H and O–H groups in total. The molecule has 0 aromatic heterocycles. The Labute approximate surface area is 118 Å². The van der Waals surface area contributed by atoms with Gasteiger partial charge >= 0.3 is 0 Å². The molecule has 0 rings (SSSR count). The average Bonchev–Trinajstić information content (AvgIpc) is 1.93. The van der Waals surface area contributed by atoms with Crippen LogP contribution < -0.4 is 14.3 Å². The van der Waals surface area contributed by atoms with Crippen molar-refractivity contribution in [3.05, 3.63) is 0 Å². The van der Waals surface area contributed by atoms with Crippen molar-refractivity contribution in [2.75, 3.05) is 6.54 Å². The Morgan fingerprint density at radius 2 is 1.22 bits per heavy atom. The Bertz CT molecular complexity index is 228. The van der Waals surface area contributed by atoms with Gasteiger partial charge < -0.3 is 14.3 Å². The van der Waals surface area contributed by atoms with E-state index in [0.717, 1.165) is 12.5 Å². The van der Waals surface area contributed by atoms with E-state index in [0.29, 0.717) is 0 Å². The monoisotopic (exact) mass is 305 g/mol. The molecule has 0 aromatic rings. The van der Waals surface area contributed by atoms with Gasteiger partial charge in [0.15, 0.2) is 0 Å². The molecule has 0 bridgehead atoms. The van der Waals surface area contributed by atoms with Crippen molar-refractivity contribution in [3.63, 3.8) is 0 Å². The van der Waals surface area contributed by atoms with Gasteiger partial charge in [0.25, 0.3) is 8.56 Å². The normalized spacial score (nSPS) is 14.3. The highest BCUT2D eigenvalue weighted by atomic mass is 28.4. The summed E-state index contributed by atoms with van der Waals surface area (Å²) in [5.74, 6) is 0.725. The zero-order chi connectivity index (χ0) is 14.6.